The Hall–Kier alpha value is -2.94. The quantitative estimate of drug-likeness (QED) is 0.240. The van der Waals surface area contributed by atoms with E-state index in [1.807, 2.05) is 0 Å². The number of anilines is 1. The Morgan fingerprint density at radius 2 is 1.74 bits per heavy atom. The van der Waals surface area contributed by atoms with Gasteiger partial charge < -0.3 is 15.3 Å². The molecule has 0 atom stereocenters. The molecule has 0 bridgehead atoms. The molecule has 3 aromatic rings. The van der Waals surface area contributed by atoms with Crippen LogP contribution in [0.15, 0.2) is 48.7 Å². The van der Waals surface area contributed by atoms with Crippen LogP contribution in [0.25, 0.3) is 23.6 Å². The molecule has 0 amide bonds. The summed E-state index contributed by atoms with van der Waals surface area (Å²) in [5.41, 5.74) is 8.16. The van der Waals surface area contributed by atoms with Crippen molar-refractivity contribution in [2.75, 3.05) is 5.32 Å². The maximum atomic E-state index is 4.24. The van der Waals surface area contributed by atoms with E-state index in [0.29, 0.717) is 0 Å². The number of hydrogen-bond donors (Lipinski definition) is 3. The molecule has 0 aliphatic carbocycles. The van der Waals surface area contributed by atoms with Gasteiger partial charge in [-0.05, 0) is 81.9 Å². The van der Waals surface area contributed by atoms with Crippen LogP contribution in [0.5, 0.6) is 0 Å². The molecule has 31 heavy (non-hydrogen) atoms. The van der Waals surface area contributed by atoms with E-state index in [2.05, 4.69) is 86.1 Å². The van der Waals surface area contributed by atoms with Gasteiger partial charge in [-0.15, -0.1) is 0 Å². The first-order valence-corrected chi connectivity index (χ1v) is 11.5. The summed E-state index contributed by atoms with van der Waals surface area (Å²) < 4.78 is 0. The highest BCUT2D eigenvalue weighted by molar-refractivity contribution is 5.85. The number of hydrogen-bond acceptors (Lipinski definition) is 1. The topological polar surface area (TPSA) is 43.6 Å². The number of aromatic amines is 2. The number of H-pyrrole nitrogens is 2. The standard InChI is InChI=1S/C28H37N3/c1-7-19(2)12-10-8-9-11-13-21(4)29-24-14-15-27-26(17-24)25(23(6)31-27)18-28-20(3)16-22(5)30-28/h14-18,29-31H,2,4,6-13H2,1,3,5H3/b25-18+. The SMILES string of the molecule is C=C(CC)CCCCCCC(=C)Nc1ccc2[nH]c(=C)/c(=C\c3[nH]c(C)cc3C)c2c1. The number of aryl methyl sites for hydroxylation is 2. The number of nitrogens with one attached hydrogen (secondary N) is 3. The van der Waals surface area contributed by atoms with Crippen molar-refractivity contribution in [1.82, 2.24) is 9.97 Å². The van der Waals surface area contributed by atoms with Crippen LogP contribution in [0.2, 0.25) is 0 Å². The van der Waals surface area contributed by atoms with Gasteiger partial charge >= 0.3 is 0 Å². The second-order valence-electron chi connectivity index (χ2n) is 8.72. The lowest BCUT2D eigenvalue weighted by Gasteiger charge is -2.10. The van der Waals surface area contributed by atoms with Gasteiger partial charge in [-0.1, -0.05) is 45.1 Å². The van der Waals surface area contributed by atoms with Crippen molar-refractivity contribution in [1.29, 1.82) is 0 Å². The lowest BCUT2D eigenvalue weighted by atomic mass is 10.0. The van der Waals surface area contributed by atoms with E-state index >= 15 is 0 Å². The van der Waals surface area contributed by atoms with Crippen molar-refractivity contribution >= 4 is 29.2 Å². The van der Waals surface area contributed by atoms with Gasteiger partial charge in [0, 0.05) is 44.2 Å². The number of aromatic nitrogens is 2. The Morgan fingerprint density at radius 1 is 1.00 bits per heavy atom. The van der Waals surface area contributed by atoms with Gasteiger partial charge in [-0.2, -0.15) is 0 Å². The summed E-state index contributed by atoms with van der Waals surface area (Å²) in [6.45, 7) is 18.9. The number of fused-ring (bicyclic) bond motifs is 1. The molecule has 0 saturated carbocycles. The normalized spacial score (nSPS) is 11.9. The third-order valence-corrected chi connectivity index (χ3v) is 5.98. The van der Waals surface area contributed by atoms with Crippen LogP contribution in [-0.2, 0) is 0 Å². The molecule has 0 radical (unpaired) electrons. The van der Waals surface area contributed by atoms with E-state index in [9.17, 15) is 0 Å². The second-order valence-corrected chi connectivity index (χ2v) is 8.72. The Balaban J connectivity index is 1.64. The molecule has 0 aliphatic heterocycles. The fraction of sp³-hybridized carbons (Fsp3) is 0.357. The fourth-order valence-corrected chi connectivity index (χ4v) is 4.07. The molecule has 3 N–H and O–H groups in total. The Kier molecular flexibility index (Phi) is 7.62. The minimum Gasteiger partial charge on any atom is -0.359 e. The predicted molar refractivity (Wildman–Crippen MR) is 137 cm³/mol. The first-order valence-electron chi connectivity index (χ1n) is 11.5. The van der Waals surface area contributed by atoms with Crippen LogP contribution in [0.3, 0.4) is 0 Å². The van der Waals surface area contributed by atoms with E-state index in [0.717, 1.165) is 46.0 Å². The number of allylic oxidation sites excluding steroid dienone is 2. The summed E-state index contributed by atoms with van der Waals surface area (Å²) in [6.07, 6.45) is 10.4. The van der Waals surface area contributed by atoms with Crippen molar-refractivity contribution in [3.05, 3.63) is 76.2 Å². The molecule has 3 nitrogen and oxygen atoms in total. The van der Waals surface area contributed by atoms with Gasteiger partial charge in [0.05, 0.1) is 0 Å². The Labute approximate surface area is 186 Å². The highest BCUT2D eigenvalue weighted by atomic mass is 14.9. The molecule has 0 unspecified atom stereocenters. The molecule has 0 spiro atoms. The molecule has 2 heterocycles. The minimum atomic E-state index is 0.934. The summed E-state index contributed by atoms with van der Waals surface area (Å²) in [4.78, 5) is 6.84. The molecule has 0 saturated heterocycles. The zero-order chi connectivity index (χ0) is 22.4. The minimum absolute atomic E-state index is 0.934. The van der Waals surface area contributed by atoms with Crippen molar-refractivity contribution in [3.63, 3.8) is 0 Å². The first-order chi connectivity index (χ1) is 14.9. The van der Waals surface area contributed by atoms with Gasteiger partial charge in [0.2, 0.25) is 0 Å². The summed E-state index contributed by atoms with van der Waals surface area (Å²) >= 11 is 0. The highest BCUT2D eigenvalue weighted by Crippen LogP contribution is 2.19. The van der Waals surface area contributed by atoms with Gasteiger partial charge in [-0.25, -0.2) is 0 Å². The van der Waals surface area contributed by atoms with Crippen LogP contribution in [0.1, 0.15) is 68.8 Å². The summed E-state index contributed by atoms with van der Waals surface area (Å²) in [6, 6.07) is 8.58. The monoisotopic (exact) mass is 415 g/mol. The maximum Gasteiger partial charge on any atom is 0.0466 e. The third-order valence-electron chi connectivity index (χ3n) is 5.98. The zero-order valence-corrected chi connectivity index (χ0v) is 19.5. The number of rotatable bonds is 11. The first kappa shape index (κ1) is 22.7. The molecule has 164 valence electrons. The van der Waals surface area contributed by atoms with Crippen molar-refractivity contribution in [2.24, 2.45) is 0 Å². The van der Waals surface area contributed by atoms with Crippen molar-refractivity contribution in [3.8, 4) is 0 Å². The lowest BCUT2D eigenvalue weighted by Crippen LogP contribution is -2.21. The van der Waals surface area contributed by atoms with E-state index in [1.165, 1.54) is 54.3 Å². The van der Waals surface area contributed by atoms with E-state index in [4.69, 9.17) is 0 Å². The maximum absolute atomic E-state index is 4.24. The Morgan fingerprint density at radius 3 is 2.42 bits per heavy atom. The smallest absolute Gasteiger partial charge is 0.0466 e. The van der Waals surface area contributed by atoms with Crippen molar-refractivity contribution < 1.29 is 0 Å². The van der Waals surface area contributed by atoms with Crippen LogP contribution >= 0.6 is 0 Å². The van der Waals surface area contributed by atoms with Crippen LogP contribution in [0.4, 0.5) is 5.69 Å². The van der Waals surface area contributed by atoms with Gasteiger partial charge in [0.15, 0.2) is 0 Å². The molecule has 3 rings (SSSR count). The summed E-state index contributed by atoms with van der Waals surface area (Å²) in [5, 5.41) is 6.74. The highest BCUT2D eigenvalue weighted by Gasteiger charge is 2.05. The van der Waals surface area contributed by atoms with Gasteiger partial charge in [0.1, 0.15) is 0 Å². The predicted octanol–water partition coefficient (Wildman–Crippen LogP) is 6.58. The third kappa shape index (κ3) is 6.04. The molecule has 0 aliphatic rings. The van der Waals surface area contributed by atoms with E-state index in [1.54, 1.807) is 0 Å². The van der Waals surface area contributed by atoms with Gasteiger partial charge in [0.25, 0.3) is 0 Å². The Bertz CT molecular complexity index is 1170. The molecular formula is C28H37N3. The van der Waals surface area contributed by atoms with E-state index < -0.39 is 0 Å². The fourth-order valence-electron chi connectivity index (χ4n) is 4.07. The molecular weight excluding hydrogens is 378 g/mol. The molecule has 0 fully saturated rings. The largest absolute Gasteiger partial charge is 0.359 e. The average Bonchev–Trinajstić information content (AvgIpc) is 3.22. The molecule has 3 heteroatoms. The average molecular weight is 416 g/mol. The van der Waals surface area contributed by atoms with Crippen LogP contribution in [0, 0.1) is 13.8 Å². The van der Waals surface area contributed by atoms with E-state index in [-0.39, 0.29) is 0 Å². The lowest BCUT2D eigenvalue weighted by molar-refractivity contribution is 0.634. The van der Waals surface area contributed by atoms with Crippen LogP contribution in [-0.4, -0.2) is 9.97 Å². The second kappa shape index (κ2) is 10.4. The van der Waals surface area contributed by atoms with Gasteiger partial charge in [-0.3, -0.25) is 0 Å². The molecule has 1 aromatic carbocycles. The number of benzene rings is 1. The van der Waals surface area contributed by atoms with Crippen LogP contribution < -0.4 is 15.9 Å². The zero-order valence-electron chi connectivity index (χ0n) is 19.5. The number of unbranched alkanes of at least 4 members (excludes halogenated alkanes) is 3. The molecule has 2 aromatic heterocycles. The van der Waals surface area contributed by atoms with Crippen molar-refractivity contribution in [2.45, 2.75) is 65.7 Å². The summed E-state index contributed by atoms with van der Waals surface area (Å²) in [5.74, 6) is 0. The summed E-state index contributed by atoms with van der Waals surface area (Å²) in [7, 11) is 0.